The monoisotopic (exact) mass is 870 g/mol. The maximum Gasteiger partial charge on any atom is 0.160 e. The van der Waals surface area contributed by atoms with Crippen LogP contribution in [0, 0.1) is 0 Å². The largest absolute Gasteiger partial charge is 0.312 e. The molecule has 0 radical (unpaired) electrons. The van der Waals surface area contributed by atoms with Crippen molar-refractivity contribution in [3.63, 3.8) is 0 Å². The zero-order valence-electron chi connectivity index (χ0n) is 37.5. The molecule has 4 heteroatoms. The van der Waals surface area contributed by atoms with Crippen LogP contribution in [0.5, 0.6) is 0 Å². The van der Waals surface area contributed by atoms with Gasteiger partial charge in [0, 0.05) is 55.9 Å². The Hall–Kier alpha value is -8.60. The molecule has 0 aliphatic heterocycles. The standard InChI is InChI=1S/C64H46N4/c1-6-20-43(21-7-1)48-34-37-61-56(38-48)53-36-35-50(67-59-32-18-16-30-51(59)52-31-17-19-33-60(52)67)41-62(53)68(61)63-54(44-22-8-2-9-23-44)39-49(40-55(63)45-24-10-3-11-25-45)58-42-57(46-26-12-4-13-27-46)65-64(66-58)47-28-14-5-15-29-47/h1-16,18-30,32-39,41-42,55H,17,31,40H2. The molecule has 3 heterocycles. The summed E-state index contributed by atoms with van der Waals surface area (Å²) in [5, 5.41) is 3.78. The first-order chi connectivity index (χ1) is 33.7. The van der Waals surface area contributed by atoms with E-state index in [2.05, 4.69) is 240 Å². The van der Waals surface area contributed by atoms with Crippen molar-refractivity contribution in [2.24, 2.45) is 0 Å². The zero-order valence-corrected chi connectivity index (χ0v) is 37.5. The molecule has 322 valence electrons. The second-order valence-corrected chi connectivity index (χ2v) is 18.0. The molecule has 0 saturated heterocycles. The lowest BCUT2D eigenvalue weighted by Crippen LogP contribution is -2.15. The molecule has 8 aromatic carbocycles. The molecule has 68 heavy (non-hydrogen) atoms. The Bertz CT molecular complexity index is 3730. The minimum absolute atomic E-state index is 0.0407. The second-order valence-electron chi connectivity index (χ2n) is 18.0. The van der Waals surface area contributed by atoms with Crippen molar-refractivity contribution in [3.8, 4) is 39.5 Å². The summed E-state index contributed by atoms with van der Waals surface area (Å²) in [5.41, 5.74) is 19.7. The highest BCUT2D eigenvalue weighted by Crippen LogP contribution is 2.50. The molecule has 1 unspecified atom stereocenters. The van der Waals surface area contributed by atoms with Crippen LogP contribution in [0.25, 0.3) is 95.1 Å². The summed E-state index contributed by atoms with van der Waals surface area (Å²) in [6, 6.07) is 79.0. The van der Waals surface area contributed by atoms with Gasteiger partial charge in [-0.3, -0.25) is 0 Å². The Labute approximate surface area is 396 Å². The zero-order chi connectivity index (χ0) is 45.0. The fourth-order valence-corrected chi connectivity index (χ4v) is 10.8. The topological polar surface area (TPSA) is 35.6 Å². The third kappa shape index (κ3) is 6.84. The lowest BCUT2D eigenvalue weighted by Gasteiger charge is -2.31. The number of benzene rings is 8. The lowest BCUT2D eigenvalue weighted by atomic mass is 9.79. The number of aromatic nitrogens is 4. The summed E-state index contributed by atoms with van der Waals surface area (Å²) in [6.45, 7) is 0. The molecule has 0 amide bonds. The van der Waals surface area contributed by atoms with E-state index in [1.807, 2.05) is 6.07 Å². The highest BCUT2D eigenvalue weighted by Gasteiger charge is 2.32. The third-order valence-electron chi connectivity index (χ3n) is 14.0. The smallest absolute Gasteiger partial charge is 0.160 e. The van der Waals surface area contributed by atoms with Gasteiger partial charge in [-0.15, -0.1) is 0 Å². The number of allylic oxidation sites excluding steroid dienone is 5. The van der Waals surface area contributed by atoms with Crippen molar-refractivity contribution in [2.45, 2.75) is 25.2 Å². The average molecular weight is 871 g/mol. The number of fused-ring (bicyclic) bond motifs is 6. The first kappa shape index (κ1) is 39.7. The normalized spacial score (nSPS) is 14.7. The van der Waals surface area contributed by atoms with Gasteiger partial charge in [0.25, 0.3) is 0 Å². The molecule has 4 nitrogen and oxygen atoms in total. The number of hydrogen-bond acceptors (Lipinski definition) is 2. The molecule has 0 spiro atoms. The number of rotatable bonds is 8. The first-order valence-electron chi connectivity index (χ1n) is 23.7. The average Bonchev–Trinajstić information content (AvgIpc) is 3.93. The number of para-hydroxylation sites is 1. The van der Waals surface area contributed by atoms with E-state index in [1.165, 1.54) is 77.5 Å². The maximum atomic E-state index is 5.42. The summed E-state index contributed by atoms with van der Waals surface area (Å²) >= 11 is 0. The molecule has 11 aromatic rings. The van der Waals surface area contributed by atoms with Crippen molar-refractivity contribution in [3.05, 3.63) is 259 Å². The van der Waals surface area contributed by atoms with Crippen LogP contribution in [0.15, 0.2) is 231 Å². The summed E-state index contributed by atoms with van der Waals surface area (Å²) in [6.07, 6.45) is 9.92. The van der Waals surface area contributed by atoms with Crippen molar-refractivity contribution in [1.29, 1.82) is 0 Å². The predicted molar refractivity (Wildman–Crippen MR) is 283 cm³/mol. The van der Waals surface area contributed by atoms with Crippen LogP contribution in [0.3, 0.4) is 0 Å². The highest BCUT2D eigenvalue weighted by molar-refractivity contribution is 6.14. The Morgan fingerprint density at radius 1 is 0.441 bits per heavy atom. The Morgan fingerprint density at radius 3 is 1.82 bits per heavy atom. The van der Waals surface area contributed by atoms with Gasteiger partial charge >= 0.3 is 0 Å². The van der Waals surface area contributed by atoms with E-state index in [4.69, 9.17) is 9.97 Å². The van der Waals surface area contributed by atoms with E-state index in [0.29, 0.717) is 5.82 Å². The van der Waals surface area contributed by atoms with Gasteiger partial charge in [-0.1, -0.05) is 188 Å². The minimum atomic E-state index is -0.0407. The van der Waals surface area contributed by atoms with Gasteiger partial charge in [-0.25, -0.2) is 9.97 Å². The number of nitrogens with zero attached hydrogens (tertiary/aromatic N) is 4. The van der Waals surface area contributed by atoms with Crippen LogP contribution in [0.4, 0.5) is 0 Å². The van der Waals surface area contributed by atoms with Gasteiger partial charge in [0.15, 0.2) is 5.82 Å². The van der Waals surface area contributed by atoms with Gasteiger partial charge in [0.05, 0.1) is 27.9 Å². The predicted octanol–water partition coefficient (Wildman–Crippen LogP) is 16.1. The van der Waals surface area contributed by atoms with Crippen LogP contribution in [-0.2, 0) is 6.42 Å². The third-order valence-corrected chi connectivity index (χ3v) is 14.0. The number of hydrogen-bond donors (Lipinski definition) is 0. The van der Waals surface area contributed by atoms with Crippen molar-refractivity contribution in [1.82, 2.24) is 19.1 Å². The fraction of sp³-hybridized carbons (Fsp3) is 0.0625. The molecular weight excluding hydrogens is 825 g/mol. The number of aryl methyl sites for hydroxylation is 1. The van der Waals surface area contributed by atoms with Gasteiger partial charge in [0.1, 0.15) is 0 Å². The van der Waals surface area contributed by atoms with Gasteiger partial charge < -0.3 is 9.13 Å². The SMILES string of the molecule is C1=Cc2c(c3ccccc3n2-c2ccc3c4cc(-c5ccccc5)ccc4n(C4=C(c5ccccc5)C=C(c5cc(-c6ccccc6)nc(-c6ccccc6)n5)CC4c4ccccc4)c3c2)CC1. The molecule has 0 saturated carbocycles. The van der Waals surface area contributed by atoms with E-state index in [0.717, 1.165) is 53.0 Å². The molecule has 0 N–H and O–H groups in total. The molecule has 3 aromatic heterocycles. The van der Waals surface area contributed by atoms with Crippen LogP contribution < -0.4 is 0 Å². The highest BCUT2D eigenvalue weighted by atomic mass is 15.0. The summed E-state index contributed by atoms with van der Waals surface area (Å²) < 4.78 is 5.09. The Kier molecular flexibility index (Phi) is 9.75. The Morgan fingerprint density at radius 2 is 1.07 bits per heavy atom. The quantitative estimate of drug-likeness (QED) is 0.152. The van der Waals surface area contributed by atoms with Crippen LogP contribution in [0.2, 0.25) is 0 Å². The van der Waals surface area contributed by atoms with Crippen molar-refractivity contribution >= 4 is 55.6 Å². The van der Waals surface area contributed by atoms with Crippen LogP contribution in [0.1, 0.15) is 46.8 Å². The maximum absolute atomic E-state index is 5.42. The lowest BCUT2D eigenvalue weighted by molar-refractivity contribution is 0.841. The molecule has 0 fully saturated rings. The molecule has 0 bridgehead atoms. The van der Waals surface area contributed by atoms with E-state index in [1.54, 1.807) is 0 Å². The van der Waals surface area contributed by atoms with E-state index in [-0.39, 0.29) is 5.92 Å². The van der Waals surface area contributed by atoms with Gasteiger partial charge in [-0.05, 0) is 101 Å². The van der Waals surface area contributed by atoms with E-state index >= 15 is 0 Å². The van der Waals surface area contributed by atoms with Gasteiger partial charge in [-0.2, -0.15) is 0 Å². The van der Waals surface area contributed by atoms with E-state index in [9.17, 15) is 0 Å². The van der Waals surface area contributed by atoms with Crippen LogP contribution >= 0.6 is 0 Å². The molecular formula is C64H46N4. The summed E-state index contributed by atoms with van der Waals surface area (Å²) in [4.78, 5) is 10.6. The van der Waals surface area contributed by atoms with Crippen molar-refractivity contribution < 1.29 is 0 Å². The molecule has 1 atom stereocenters. The minimum Gasteiger partial charge on any atom is -0.312 e. The molecule has 13 rings (SSSR count). The van der Waals surface area contributed by atoms with Gasteiger partial charge in [0.2, 0.25) is 0 Å². The molecule has 2 aliphatic carbocycles. The second kappa shape index (κ2) is 16.7. The first-order valence-corrected chi connectivity index (χ1v) is 23.7. The fourth-order valence-electron chi connectivity index (χ4n) is 10.8. The molecule has 2 aliphatic rings. The van der Waals surface area contributed by atoms with Crippen molar-refractivity contribution in [2.75, 3.05) is 0 Å². The summed E-state index contributed by atoms with van der Waals surface area (Å²) in [7, 11) is 0. The van der Waals surface area contributed by atoms with E-state index < -0.39 is 0 Å². The summed E-state index contributed by atoms with van der Waals surface area (Å²) in [5.74, 6) is 0.676. The van der Waals surface area contributed by atoms with Crippen LogP contribution in [-0.4, -0.2) is 19.1 Å². The Balaban J connectivity index is 1.13.